The number of hydrogen-bond acceptors (Lipinski definition) is 3. The first-order chi connectivity index (χ1) is 9.08. The minimum atomic E-state index is -1.05. The summed E-state index contributed by atoms with van der Waals surface area (Å²) in [6.07, 6.45) is 2.06. The van der Waals surface area contributed by atoms with E-state index in [1.54, 1.807) is 4.90 Å². The highest BCUT2D eigenvalue weighted by Gasteiger charge is 2.18. The van der Waals surface area contributed by atoms with Crippen molar-refractivity contribution in [3.63, 3.8) is 0 Å². The third-order valence-electron chi connectivity index (χ3n) is 2.99. The maximum Gasteiger partial charge on any atom is 0.335 e. The molecule has 0 radical (unpaired) electrons. The van der Waals surface area contributed by atoms with Crippen LogP contribution in [0, 0.1) is 0 Å². The number of carboxylic acids is 1. The second-order valence-electron chi connectivity index (χ2n) is 4.33. The summed E-state index contributed by atoms with van der Waals surface area (Å²) in [6.45, 7) is 1.47. The summed E-state index contributed by atoms with van der Waals surface area (Å²) in [6, 6.07) is 4.16. The number of aromatic carboxylic acids is 1. The van der Waals surface area contributed by atoms with E-state index in [4.69, 9.17) is 21.4 Å². The van der Waals surface area contributed by atoms with Crippen LogP contribution in [0.25, 0.3) is 0 Å². The highest BCUT2D eigenvalue weighted by atomic mass is 35.5. The predicted octanol–water partition coefficient (Wildman–Crippen LogP) is 2.04. The van der Waals surface area contributed by atoms with Gasteiger partial charge in [0.05, 0.1) is 10.6 Å². The molecule has 1 aliphatic heterocycles. The zero-order chi connectivity index (χ0) is 13.8. The van der Waals surface area contributed by atoms with Crippen LogP contribution in [0.3, 0.4) is 0 Å². The summed E-state index contributed by atoms with van der Waals surface area (Å²) in [4.78, 5) is 24.3. The van der Waals surface area contributed by atoms with Crippen molar-refractivity contribution < 1.29 is 19.4 Å². The molecule has 5 nitrogen and oxygen atoms in total. The Balaban J connectivity index is 1.95. The topological polar surface area (TPSA) is 66.8 Å². The number of halogens is 1. The average Bonchev–Trinajstić information content (AvgIpc) is 2.90. The molecule has 1 aliphatic rings. The van der Waals surface area contributed by atoms with Gasteiger partial charge in [-0.1, -0.05) is 11.6 Å². The Bertz CT molecular complexity index is 497. The second kappa shape index (κ2) is 5.93. The van der Waals surface area contributed by atoms with Gasteiger partial charge in [0, 0.05) is 13.1 Å². The number of carbonyl (C=O) groups is 2. The van der Waals surface area contributed by atoms with Gasteiger partial charge in [-0.25, -0.2) is 4.79 Å². The first kappa shape index (κ1) is 13.7. The van der Waals surface area contributed by atoms with Crippen molar-refractivity contribution in [3.05, 3.63) is 28.8 Å². The molecule has 0 spiro atoms. The van der Waals surface area contributed by atoms with E-state index in [-0.39, 0.29) is 23.1 Å². The van der Waals surface area contributed by atoms with E-state index in [1.807, 2.05) is 0 Å². The number of hydrogen-bond donors (Lipinski definition) is 1. The van der Waals surface area contributed by atoms with Gasteiger partial charge in [-0.2, -0.15) is 0 Å². The molecule has 0 saturated carbocycles. The van der Waals surface area contributed by atoms with E-state index >= 15 is 0 Å². The SMILES string of the molecule is O=C(O)c1ccc(OCC(=O)N2CCCC2)c(Cl)c1. The maximum atomic E-state index is 11.8. The standard InChI is InChI=1S/C13H14ClNO4/c14-10-7-9(13(17)18)3-4-11(10)19-8-12(16)15-5-1-2-6-15/h3-4,7H,1-2,5-6,8H2,(H,17,18). The molecule has 102 valence electrons. The van der Waals surface area contributed by atoms with Crippen LogP contribution in [0.2, 0.25) is 5.02 Å². The van der Waals surface area contributed by atoms with Crippen LogP contribution in [-0.2, 0) is 4.79 Å². The fraction of sp³-hybridized carbons (Fsp3) is 0.385. The first-order valence-electron chi connectivity index (χ1n) is 6.01. The van der Waals surface area contributed by atoms with Crippen LogP contribution in [0.15, 0.2) is 18.2 Å². The van der Waals surface area contributed by atoms with E-state index in [2.05, 4.69) is 0 Å². The van der Waals surface area contributed by atoms with Gasteiger partial charge in [0.15, 0.2) is 6.61 Å². The van der Waals surface area contributed by atoms with Crippen LogP contribution < -0.4 is 4.74 Å². The summed E-state index contributed by atoms with van der Waals surface area (Å²) < 4.78 is 5.33. The Morgan fingerprint density at radius 2 is 2.00 bits per heavy atom. The molecule has 19 heavy (non-hydrogen) atoms. The molecule has 1 N–H and O–H groups in total. The predicted molar refractivity (Wildman–Crippen MR) is 69.7 cm³/mol. The lowest BCUT2D eigenvalue weighted by atomic mass is 10.2. The molecule has 0 atom stereocenters. The first-order valence-corrected chi connectivity index (χ1v) is 6.39. The van der Waals surface area contributed by atoms with Crippen molar-refractivity contribution in [1.29, 1.82) is 0 Å². The number of nitrogens with zero attached hydrogens (tertiary/aromatic N) is 1. The minimum Gasteiger partial charge on any atom is -0.482 e. The molecule has 1 aromatic rings. The summed E-state index contributed by atoms with van der Waals surface area (Å²) in [5, 5.41) is 8.99. The van der Waals surface area contributed by atoms with Crippen molar-refractivity contribution in [2.45, 2.75) is 12.8 Å². The van der Waals surface area contributed by atoms with E-state index in [9.17, 15) is 9.59 Å². The third kappa shape index (κ3) is 3.38. The molecule has 2 rings (SSSR count). The van der Waals surface area contributed by atoms with E-state index < -0.39 is 5.97 Å². The monoisotopic (exact) mass is 283 g/mol. The number of amides is 1. The van der Waals surface area contributed by atoms with Crippen LogP contribution in [0.4, 0.5) is 0 Å². The van der Waals surface area contributed by atoms with Gasteiger partial charge >= 0.3 is 5.97 Å². The summed E-state index contributed by atoms with van der Waals surface area (Å²) >= 11 is 5.90. The van der Waals surface area contributed by atoms with Crippen molar-refractivity contribution in [2.75, 3.05) is 19.7 Å². The Morgan fingerprint density at radius 3 is 2.58 bits per heavy atom. The highest BCUT2D eigenvalue weighted by Crippen LogP contribution is 2.25. The molecular formula is C13H14ClNO4. The van der Waals surface area contributed by atoms with Crippen LogP contribution in [0.1, 0.15) is 23.2 Å². The van der Waals surface area contributed by atoms with Gasteiger partial charge in [0.1, 0.15) is 5.75 Å². The summed E-state index contributed by atoms with van der Waals surface area (Å²) in [5.74, 6) is -0.809. The average molecular weight is 284 g/mol. The molecule has 1 fully saturated rings. The second-order valence-corrected chi connectivity index (χ2v) is 4.73. The molecule has 0 unspecified atom stereocenters. The Hall–Kier alpha value is -1.75. The van der Waals surface area contributed by atoms with Crippen molar-refractivity contribution in [2.24, 2.45) is 0 Å². The van der Waals surface area contributed by atoms with Gasteiger partial charge in [0.2, 0.25) is 0 Å². The Labute approximate surface area is 115 Å². The number of ether oxygens (including phenoxy) is 1. The van der Waals surface area contributed by atoms with Crippen LogP contribution >= 0.6 is 11.6 Å². The zero-order valence-electron chi connectivity index (χ0n) is 10.3. The van der Waals surface area contributed by atoms with Crippen molar-refractivity contribution in [3.8, 4) is 5.75 Å². The lowest BCUT2D eigenvalue weighted by molar-refractivity contribution is -0.132. The lowest BCUT2D eigenvalue weighted by Crippen LogP contribution is -2.32. The van der Waals surface area contributed by atoms with Crippen molar-refractivity contribution in [1.82, 2.24) is 4.90 Å². The number of carbonyl (C=O) groups excluding carboxylic acids is 1. The molecule has 1 amide bonds. The molecule has 0 aromatic heterocycles. The fourth-order valence-electron chi connectivity index (χ4n) is 1.95. The number of rotatable bonds is 4. The van der Waals surface area contributed by atoms with Crippen LogP contribution in [0.5, 0.6) is 5.75 Å². The quantitative estimate of drug-likeness (QED) is 0.918. The molecule has 0 bridgehead atoms. The molecule has 1 heterocycles. The Kier molecular flexibility index (Phi) is 4.27. The number of carboxylic acid groups (broad SMARTS) is 1. The van der Waals surface area contributed by atoms with Gasteiger partial charge in [-0.05, 0) is 31.0 Å². The molecular weight excluding hydrogens is 270 g/mol. The minimum absolute atomic E-state index is 0.0733. The van der Waals surface area contributed by atoms with E-state index in [0.29, 0.717) is 5.75 Å². The zero-order valence-corrected chi connectivity index (χ0v) is 11.0. The number of likely N-dealkylation sites (tertiary alicyclic amines) is 1. The summed E-state index contributed by atoms with van der Waals surface area (Å²) in [5.41, 5.74) is 0.0863. The van der Waals surface area contributed by atoms with E-state index in [0.717, 1.165) is 25.9 Å². The fourth-order valence-corrected chi connectivity index (χ4v) is 2.18. The maximum absolute atomic E-state index is 11.8. The van der Waals surface area contributed by atoms with Gasteiger partial charge < -0.3 is 14.7 Å². The highest BCUT2D eigenvalue weighted by molar-refractivity contribution is 6.32. The van der Waals surface area contributed by atoms with Crippen LogP contribution in [-0.4, -0.2) is 41.6 Å². The largest absolute Gasteiger partial charge is 0.482 e. The molecule has 6 heteroatoms. The molecule has 0 aliphatic carbocycles. The molecule has 1 aromatic carbocycles. The van der Waals surface area contributed by atoms with Gasteiger partial charge in [-0.15, -0.1) is 0 Å². The van der Waals surface area contributed by atoms with Crippen molar-refractivity contribution >= 4 is 23.5 Å². The van der Waals surface area contributed by atoms with Gasteiger partial charge in [0.25, 0.3) is 5.91 Å². The normalized spacial score (nSPS) is 14.5. The molecule has 1 saturated heterocycles. The smallest absolute Gasteiger partial charge is 0.335 e. The van der Waals surface area contributed by atoms with Gasteiger partial charge in [-0.3, -0.25) is 4.79 Å². The number of benzene rings is 1. The lowest BCUT2D eigenvalue weighted by Gasteiger charge is -2.16. The Morgan fingerprint density at radius 1 is 1.32 bits per heavy atom. The van der Waals surface area contributed by atoms with E-state index in [1.165, 1.54) is 18.2 Å². The third-order valence-corrected chi connectivity index (χ3v) is 3.28. The summed E-state index contributed by atoms with van der Waals surface area (Å²) in [7, 11) is 0.